The fourth-order valence-corrected chi connectivity index (χ4v) is 1.85. The lowest BCUT2D eigenvalue weighted by Gasteiger charge is -2.09. The number of nitrogen functional groups attached to an aromatic ring is 1. The molecule has 0 spiro atoms. The maximum absolute atomic E-state index is 5.87. The van der Waals surface area contributed by atoms with Gasteiger partial charge in [-0.25, -0.2) is 4.98 Å². The third kappa shape index (κ3) is 3.13. The molecule has 0 amide bonds. The lowest BCUT2D eigenvalue weighted by Crippen LogP contribution is -1.99. The van der Waals surface area contributed by atoms with Crippen LogP contribution >= 0.6 is 15.9 Å². The van der Waals surface area contributed by atoms with Gasteiger partial charge in [0.05, 0.1) is 12.3 Å². The van der Waals surface area contributed by atoms with Crippen LogP contribution in [0.15, 0.2) is 41.0 Å². The van der Waals surface area contributed by atoms with Gasteiger partial charge in [0, 0.05) is 16.4 Å². The molecule has 1 heterocycles. The highest BCUT2D eigenvalue weighted by Crippen LogP contribution is 2.24. The molecular formula is C13H14BrN3O. The second-order valence-corrected chi connectivity index (χ2v) is 4.59. The third-order valence-electron chi connectivity index (χ3n) is 2.31. The Kier molecular flexibility index (Phi) is 4.04. The molecule has 0 radical (unpaired) electrons. The number of aromatic nitrogens is 1. The first kappa shape index (κ1) is 12.7. The van der Waals surface area contributed by atoms with E-state index in [1.54, 1.807) is 6.20 Å². The van der Waals surface area contributed by atoms with Crippen LogP contribution in [0.1, 0.15) is 6.92 Å². The van der Waals surface area contributed by atoms with Crippen LogP contribution in [0.3, 0.4) is 0 Å². The zero-order valence-electron chi connectivity index (χ0n) is 9.98. The van der Waals surface area contributed by atoms with Crippen LogP contribution in [0.5, 0.6) is 5.75 Å². The molecule has 0 atom stereocenters. The lowest BCUT2D eigenvalue weighted by molar-refractivity contribution is 0.340. The second-order valence-electron chi connectivity index (χ2n) is 3.67. The largest absolute Gasteiger partial charge is 0.494 e. The molecule has 0 aliphatic carbocycles. The van der Waals surface area contributed by atoms with Gasteiger partial charge in [0.15, 0.2) is 5.82 Å². The van der Waals surface area contributed by atoms with Crippen molar-refractivity contribution in [3.8, 4) is 5.75 Å². The molecule has 5 heteroatoms. The number of hydrogen-bond acceptors (Lipinski definition) is 4. The Labute approximate surface area is 114 Å². The van der Waals surface area contributed by atoms with Crippen molar-refractivity contribution in [2.24, 2.45) is 0 Å². The normalized spacial score (nSPS) is 10.1. The lowest BCUT2D eigenvalue weighted by atomic mass is 10.3. The van der Waals surface area contributed by atoms with E-state index >= 15 is 0 Å². The summed E-state index contributed by atoms with van der Waals surface area (Å²) >= 11 is 3.32. The van der Waals surface area contributed by atoms with Crippen molar-refractivity contribution in [1.82, 2.24) is 4.98 Å². The maximum Gasteiger partial charge on any atom is 0.153 e. The van der Waals surface area contributed by atoms with Crippen LogP contribution in [-0.4, -0.2) is 11.6 Å². The number of nitrogens with one attached hydrogen (secondary N) is 1. The standard InChI is InChI=1S/C13H14BrN3O/c1-2-18-11-5-3-10(4-6-11)17-13-12(15)7-9(14)8-16-13/h3-8H,2,15H2,1H3,(H,16,17). The van der Waals surface area contributed by atoms with Crippen LogP contribution in [0.25, 0.3) is 0 Å². The van der Waals surface area contributed by atoms with E-state index in [0.29, 0.717) is 18.1 Å². The number of ether oxygens (including phenoxy) is 1. The topological polar surface area (TPSA) is 60.2 Å². The molecule has 2 rings (SSSR count). The number of hydrogen-bond donors (Lipinski definition) is 2. The van der Waals surface area contributed by atoms with Gasteiger partial charge in [-0.1, -0.05) is 0 Å². The van der Waals surface area contributed by atoms with E-state index in [-0.39, 0.29) is 0 Å². The van der Waals surface area contributed by atoms with Crippen LogP contribution < -0.4 is 15.8 Å². The number of anilines is 3. The van der Waals surface area contributed by atoms with E-state index in [4.69, 9.17) is 10.5 Å². The van der Waals surface area contributed by atoms with Gasteiger partial charge in [0.25, 0.3) is 0 Å². The van der Waals surface area contributed by atoms with Gasteiger partial charge in [-0.05, 0) is 53.2 Å². The average Bonchev–Trinajstić information content (AvgIpc) is 2.35. The summed E-state index contributed by atoms with van der Waals surface area (Å²) < 4.78 is 6.23. The Morgan fingerprint density at radius 3 is 2.67 bits per heavy atom. The Morgan fingerprint density at radius 1 is 1.33 bits per heavy atom. The number of nitrogens with two attached hydrogens (primary N) is 1. The highest BCUT2D eigenvalue weighted by atomic mass is 79.9. The smallest absolute Gasteiger partial charge is 0.153 e. The summed E-state index contributed by atoms with van der Waals surface area (Å²) in [5.41, 5.74) is 7.38. The van der Waals surface area contributed by atoms with E-state index in [9.17, 15) is 0 Å². The minimum Gasteiger partial charge on any atom is -0.494 e. The van der Waals surface area contributed by atoms with E-state index in [0.717, 1.165) is 15.9 Å². The Balaban J connectivity index is 2.13. The molecule has 2 aromatic rings. The number of benzene rings is 1. The van der Waals surface area contributed by atoms with Crippen LogP contribution in [-0.2, 0) is 0 Å². The van der Waals surface area contributed by atoms with E-state index in [1.807, 2.05) is 37.3 Å². The minimum absolute atomic E-state index is 0.596. The molecule has 94 valence electrons. The Morgan fingerprint density at radius 2 is 2.06 bits per heavy atom. The van der Waals surface area contributed by atoms with E-state index < -0.39 is 0 Å². The van der Waals surface area contributed by atoms with Gasteiger partial charge >= 0.3 is 0 Å². The van der Waals surface area contributed by atoms with Gasteiger partial charge in [0.1, 0.15) is 5.75 Å². The third-order valence-corrected chi connectivity index (χ3v) is 2.75. The first-order valence-corrected chi connectivity index (χ1v) is 6.39. The van der Waals surface area contributed by atoms with Crippen LogP contribution in [0, 0.1) is 0 Å². The Hall–Kier alpha value is -1.75. The summed E-state index contributed by atoms with van der Waals surface area (Å²) in [5.74, 6) is 1.49. The molecule has 3 N–H and O–H groups in total. The fraction of sp³-hybridized carbons (Fsp3) is 0.154. The molecule has 0 aliphatic rings. The highest BCUT2D eigenvalue weighted by Gasteiger charge is 2.02. The molecule has 18 heavy (non-hydrogen) atoms. The van der Waals surface area contributed by atoms with Gasteiger partial charge in [-0.3, -0.25) is 0 Å². The van der Waals surface area contributed by atoms with Crippen molar-refractivity contribution < 1.29 is 4.74 Å². The predicted molar refractivity (Wildman–Crippen MR) is 77.2 cm³/mol. The summed E-state index contributed by atoms with van der Waals surface area (Å²) in [7, 11) is 0. The highest BCUT2D eigenvalue weighted by molar-refractivity contribution is 9.10. The first-order valence-electron chi connectivity index (χ1n) is 5.60. The van der Waals surface area contributed by atoms with Crippen molar-refractivity contribution >= 4 is 33.1 Å². The molecule has 1 aromatic carbocycles. The molecular weight excluding hydrogens is 294 g/mol. The maximum atomic E-state index is 5.87. The molecule has 0 unspecified atom stereocenters. The SMILES string of the molecule is CCOc1ccc(Nc2ncc(Br)cc2N)cc1. The van der Waals surface area contributed by atoms with Gasteiger partial charge in [0.2, 0.25) is 0 Å². The zero-order chi connectivity index (χ0) is 13.0. The summed E-state index contributed by atoms with van der Waals surface area (Å²) in [4.78, 5) is 4.22. The molecule has 0 aliphatic heterocycles. The molecule has 0 fully saturated rings. The molecule has 4 nitrogen and oxygen atoms in total. The number of pyridine rings is 1. The van der Waals surface area contributed by atoms with E-state index in [2.05, 4.69) is 26.2 Å². The fourth-order valence-electron chi connectivity index (χ4n) is 1.50. The molecule has 0 saturated heterocycles. The summed E-state index contributed by atoms with van der Waals surface area (Å²) in [6.07, 6.45) is 1.70. The van der Waals surface area contributed by atoms with Crippen molar-refractivity contribution in [2.45, 2.75) is 6.92 Å². The van der Waals surface area contributed by atoms with Crippen molar-refractivity contribution in [3.05, 3.63) is 41.0 Å². The molecule has 0 bridgehead atoms. The second kappa shape index (κ2) is 5.73. The molecule has 1 aromatic heterocycles. The summed E-state index contributed by atoms with van der Waals surface area (Å²) in [5, 5.41) is 3.16. The van der Waals surface area contributed by atoms with Crippen LogP contribution in [0.2, 0.25) is 0 Å². The average molecular weight is 308 g/mol. The summed E-state index contributed by atoms with van der Waals surface area (Å²) in [6, 6.07) is 9.47. The van der Waals surface area contributed by atoms with E-state index in [1.165, 1.54) is 0 Å². The monoisotopic (exact) mass is 307 g/mol. The Bertz CT molecular complexity index is 528. The van der Waals surface area contributed by atoms with Crippen molar-refractivity contribution in [2.75, 3.05) is 17.7 Å². The van der Waals surface area contributed by atoms with Crippen LogP contribution in [0.4, 0.5) is 17.2 Å². The van der Waals surface area contributed by atoms with Crippen molar-refractivity contribution in [3.63, 3.8) is 0 Å². The predicted octanol–water partition coefficient (Wildman–Crippen LogP) is 3.57. The number of halogens is 1. The zero-order valence-corrected chi connectivity index (χ0v) is 11.6. The number of rotatable bonds is 4. The quantitative estimate of drug-likeness (QED) is 0.906. The van der Waals surface area contributed by atoms with Crippen molar-refractivity contribution in [1.29, 1.82) is 0 Å². The summed E-state index contributed by atoms with van der Waals surface area (Å²) in [6.45, 7) is 2.62. The van der Waals surface area contributed by atoms with Gasteiger partial charge in [-0.2, -0.15) is 0 Å². The minimum atomic E-state index is 0.596. The first-order chi connectivity index (χ1) is 8.69. The molecule has 0 saturated carbocycles. The number of nitrogens with zero attached hydrogens (tertiary/aromatic N) is 1. The van der Waals surface area contributed by atoms with Gasteiger partial charge in [-0.15, -0.1) is 0 Å². The van der Waals surface area contributed by atoms with Gasteiger partial charge < -0.3 is 15.8 Å².